The van der Waals surface area contributed by atoms with Gasteiger partial charge in [-0.25, -0.2) is 17.6 Å². The standard InChI is InChI=1S/C10H13F6NO/c1-5-3-2-4-9(13,14)6(5)17-8(18)10(15,16)7(11)12/h5-7H,2-4H2,1H3,(H,17,18). The van der Waals surface area contributed by atoms with Crippen LogP contribution in [-0.2, 0) is 4.79 Å². The van der Waals surface area contributed by atoms with E-state index >= 15 is 0 Å². The van der Waals surface area contributed by atoms with E-state index in [-0.39, 0.29) is 6.42 Å². The Bertz CT molecular complexity index is 319. The first-order chi connectivity index (χ1) is 8.09. The molecular formula is C10H13F6NO. The Morgan fingerprint density at radius 3 is 2.39 bits per heavy atom. The largest absolute Gasteiger partial charge is 0.383 e. The molecule has 2 atom stereocenters. The van der Waals surface area contributed by atoms with Crippen molar-refractivity contribution < 1.29 is 31.1 Å². The first-order valence-corrected chi connectivity index (χ1v) is 5.43. The fourth-order valence-corrected chi connectivity index (χ4v) is 1.98. The number of rotatable bonds is 3. The van der Waals surface area contributed by atoms with Crippen molar-refractivity contribution in [2.45, 2.75) is 50.5 Å². The zero-order valence-corrected chi connectivity index (χ0v) is 9.53. The van der Waals surface area contributed by atoms with Gasteiger partial charge in [-0.05, 0) is 18.8 Å². The lowest BCUT2D eigenvalue weighted by molar-refractivity contribution is -0.175. The summed E-state index contributed by atoms with van der Waals surface area (Å²) in [5, 5.41) is 1.36. The monoisotopic (exact) mass is 277 g/mol. The summed E-state index contributed by atoms with van der Waals surface area (Å²) in [7, 11) is 0. The number of carbonyl (C=O) groups excluding carboxylic acids is 1. The molecule has 0 spiro atoms. The topological polar surface area (TPSA) is 29.1 Å². The highest BCUT2D eigenvalue weighted by Gasteiger charge is 2.53. The van der Waals surface area contributed by atoms with Gasteiger partial charge in [-0.1, -0.05) is 6.92 Å². The van der Waals surface area contributed by atoms with E-state index in [1.807, 2.05) is 0 Å². The van der Waals surface area contributed by atoms with E-state index in [9.17, 15) is 31.1 Å². The quantitative estimate of drug-likeness (QED) is 0.790. The minimum Gasteiger partial charge on any atom is -0.342 e. The van der Waals surface area contributed by atoms with Gasteiger partial charge in [0.25, 0.3) is 11.8 Å². The normalized spacial score (nSPS) is 28.2. The lowest BCUT2D eigenvalue weighted by atomic mass is 9.83. The van der Waals surface area contributed by atoms with E-state index < -0.39 is 42.6 Å². The Morgan fingerprint density at radius 1 is 1.39 bits per heavy atom. The third-order valence-electron chi connectivity index (χ3n) is 3.06. The van der Waals surface area contributed by atoms with Gasteiger partial charge in [-0.3, -0.25) is 4.79 Å². The van der Waals surface area contributed by atoms with Crippen LogP contribution in [0.25, 0.3) is 0 Å². The van der Waals surface area contributed by atoms with Crippen LogP contribution in [0.2, 0.25) is 0 Å². The second-order valence-electron chi connectivity index (χ2n) is 4.51. The Morgan fingerprint density at radius 2 is 1.94 bits per heavy atom. The molecule has 106 valence electrons. The van der Waals surface area contributed by atoms with E-state index in [4.69, 9.17) is 0 Å². The molecule has 0 bridgehead atoms. The Labute approximate surface area is 99.7 Å². The third-order valence-corrected chi connectivity index (χ3v) is 3.06. The highest BCUT2D eigenvalue weighted by molar-refractivity contribution is 5.84. The predicted octanol–water partition coefficient (Wildman–Crippen LogP) is 2.83. The molecule has 0 aromatic heterocycles. The number of carbonyl (C=O) groups is 1. The summed E-state index contributed by atoms with van der Waals surface area (Å²) in [5.74, 6) is -11.4. The van der Waals surface area contributed by atoms with Crippen LogP contribution < -0.4 is 5.32 Å². The lowest BCUT2D eigenvalue weighted by Gasteiger charge is -2.37. The van der Waals surface area contributed by atoms with Gasteiger partial charge in [0.2, 0.25) is 0 Å². The van der Waals surface area contributed by atoms with Crippen molar-refractivity contribution in [1.29, 1.82) is 0 Å². The smallest absolute Gasteiger partial charge is 0.342 e. The van der Waals surface area contributed by atoms with Crippen molar-refractivity contribution in [3.8, 4) is 0 Å². The fraction of sp³-hybridized carbons (Fsp3) is 0.900. The molecule has 0 aromatic carbocycles. The first-order valence-electron chi connectivity index (χ1n) is 5.43. The summed E-state index contributed by atoms with van der Waals surface area (Å²) in [6.07, 6.45) is -4.25. The van der Waals surface area contributed by atoms with E-state index in [1.54, 1.807) is 0 Å². The van der Waals surface area contributed by atoms with Crippen LogP contribution in [0.15, 0.2) is 0 Å². The van der Waals surface area contributed by atoms with Crippen LogP contribution in [0.3, 0.4) is 0 Å². The van der Waals surface area contributed by atoms with Gasteiger partial charge in [-0.2, -0.15) is 8.78 Å². The summed E-state index contributed by atoms with van der Waals surface area (Å²) < 4.78 is 76.0. The van der Waals surface area contributed by atoms with E-state index in [2.05, 4.69) is 0 Å². The van der Waals surface area contributed by atoms with Crippen molar-refractivity contribution in [2.24, 2.45) is 5.92 Å². The summed E-state index contributed by atoms with van der Waals surface area (Å²) in [6, 6.07) is -1.83. The molecule has 0 heterocycles. The number of halogens is 6. The molecule has 1 aliphatic carbocycles. The SMILES string of the molecule is CC1CCCC(F)(F)C1NC(=O)C(F)(F)C(F)F. The highest BCUT2D eigenvalue weighted by Crippen LogP contribution is 2.37. The van der Waals surface area contributed by atoms with Crippen molar-refractivity contribution in [3.63, 3.8) is 0 Å². The minimum absolute atomic E-state index is 0.200. The summed E-state index contributed by atoms with van der Waals surface area (Å²) in [4.78, 5) is 10.9. The van der Waals surface area contributed by atoms with Gasteiger partial charge in [0, 0.05) is 6.42 Å². The van der Waals surface area contributed by atoms with Crippen molar-refractivity contribution in [3.05, 3.63) is 0 Å². The number of hydrogen-bond acceptors (Lipinski definition) is 1. The second-order valence-corrected chi connectivity index (χ2v) is 4.51. The molecule has 0 saturated heterocycles. The van der Waals surface area contributed by atoms with Crippen molar-refractivity contribution in [2.75, 3.05) is 0 Å². The van der Waals surface area contributed by atoms with Gasteiger partial charge >= 0.3 is 12.3 Å². The molecule has 8 heteroatoms. The minimum atomic E-state index is -4.95. The number of amides is 1. The fourth-order valence-electron chi connectivity index (χ4n) is 1.98. The molecule has 0 aliphatic heterocycles. The molecule has 1 saturated carbocycles. The molecule has 0 radical (unpaired) electrons. The predicted molar refractivity (Wildman–Crippen MR) is 50.8 cm³/mol. The maximum Gasteiger partial charge on any atom is 0.383 e. The molecule has 1 N–H and O–H groups in total. The van der Waals surface area contributed by atoms with Crippen LogP contribution >= 0.6 is 0 Å². The zero-order chi connectivity index (χ0) is 14.1. The first kappa shape index (κ1) is 15.1. The van der Waals surface area contributed by atoms with Crippen LogP contribution in [0, 0.1) is 5.92 Å². The lowest BCUT2D eigenvalue weighted by Crippen LogP contribution is -2.58. The third kappa shape index (κ3) is 2.89. The van der Waals surface area contributed by atoms with Gasteiger partial charge in [0.05, 0.1) is 6.04 Å². The van der Waals surface area contributed by atoms with Crippen LogP contribution in [0.4, 0.5) is 26.3 Å². The summed E-state index contributed by atoms with van der Waals surface area (Å²) in [5.41, 5.74) is 0. The molecule has 2 nitrogen and oxygen atoms in total. The van der Waals surface area contributed by atoms with Gasteiger partial charge < -0.3 is 5.32 Å². The molecular weight excluding hydrogens is 264 g/mol. The van der Waals surface area contributed by atoms with Gasteiger partial charge in [0.1, 0.15) is 0 Å². The van der Waals surface area contributed by atoms with Crippen molar-refractivity contribution >= 4 is 5.91 Å². The number of nitrogens with one attached hydrogen (secondary N) is 1. The summed E-state index contributed by atoms with van der Waals surface area (Å²) >= 11 is 0. The van der Waals surface area contributed by atoms with Crippen molar-refractivity contribution in [1.82, 2.24) is 5.32 Å². The average molecular weight is 277 g/mol. The van der Waals surface area contributed by atoms with Crippen LogP contribution in [-0.4, -0.2) is 30.2 Å². The zero-order valence-electron chi connectivity index (χ0n) is 9.53. The van der Waals surface area contributed by atoms with E-state index in [0.29, 0.717) is 6.42 Å². The second kappa shape index (κ2) is 4.97. The molecule has 1 fully saturated rings. The Hall–Kier alpha value is -0.950. The van der Waals surface area contributed by atoms with Gasteiger partial charge in [-0.15, -0.1) is 0 Å². The maximum atomic E-state index is 13.4. The van der Waals surface area contributed by atoms with Crippen LogP contribution in [0.5, 0.6) is 0 Å². The van der Waals surface area contributed by atoms with E-state index in [1.165, 1.54) is 12.2 Å². The highest BCUT2D eigenvalue weighted by atomic mass is 19.3. The number of hydrogen-bond donors (Lipinski definition) is 1. The molecule has 0 aromatic rings. The Kier molecular flexibility index (Phi) is 4.17. The molecule has 1 rings (SSSR count). The average Bonchev–Trinajstić information content (AvgIpc) is 2.22. The number of alkyl halides is 6. The Balaban J connectivity index is 2.79. The summed E-state index contributed by atoms with van der Waals surface area (Å²) in [6.45, 7) is 1.36. The molecule has 18 heavy (non-hydrogen) atoms. The molecule has 1 amide bonds. The molecule has 1 aliphatic rings. The molecule has 2 unspecified atom stereocenters. The maximum absolute atomic E-state index is 13.4. The van der Waals surface area contributed by atoms with Gasteiger partial charge in [0.15, 0.2) is 0 Å². The van der Waals surface area contributed by atoms with Crippen LogP contribution in [0.1, 0.15) is 26.2 Å². The van der Waals surface area contributed by atoms with E-state index in [0.717, 1.165) is 0 Å².